The lowest BCUT2D eigenvalue weighted by atomic mass is 9.71. The molecule has 10 nitrogen and oxygen atoms in total. The zero-order valence-electron chi connectivity index (χ0n) is 24.6. The van der Waals surface area contributed by atoms with Crippen LogP contribution in [0.4, 0.5) is 9.59 Å². The van der Waals surface area contributed by atoms with Gasteiger partial charge in [0.2, 0.25) is 0 Å². The summed E-state index contributed by atoms with van der Waals surface area (Å²) in [5.74, 6) is -0.616. The molecule has 0 spiro atoms. The average molecular weight is 559 g/mol. The summed E-state index contributed by atoms with van der Waals surface area (Å²) >= 11 is 0. The maximum absolute atomic E-state index is 12.8. The Morgan fingerprint density at radius 1 is 0.667 bits per heavy atom. The fourth-order valence-corrected chi connectivity index (χ4v) is 4.97. The lowest BCUT2D eigenvalue weighted by Crippen LogP contribution is -2.33. The molecule has 0 heterocycles. The molecular formula is C29H50O10. The number of carbonyl (C=O) groups is 4. The molecule has 226 valence electrons. The van der Waals surface area contributed by atoms with Gasteiger partial charge in [-0.2, -0.15) is 9.59 Å². The Hall–Kier alpha value is -2.52. The van der Waals surface area contributed by atoms with Gasteiger partial charge < -0.3 is 9.47 Å². The molecule has 0 aromatic rings. The van der Waals surface area contributed by atoms with Crippen LogP contribution in [-0.4, -0.2) is 36.5 Å². The van der Waals surface area contributed by atoms with Crippen molar-refractivity contribution >= 4 is 24.2 Å². The first-order valence-corrected chi connectivity index (χ1v) is 14.8. The zero-order chi connectivity index (χ0) is 29.0. The van der Waals surface area contributed by atoms with Crippen molar-refractivity contribution in [2.24, 2.45) is 17.8 Å². The van der Waals surface area contributed by atoms with Gasteiger partial charge in [-0.15, -0.1) is 0 Å². The van der Waals surface area contributed by atoms with E-state index < -0.39 is 24.2 Å². The van der Waals surface area contributed by atoms with Crippen molar-refractivity contribution in [2.75, 3.05) is 0 Å². The first-order chi connectivity index (χ1) is 18.6. The molecule has 0 amide bonds. The van der Waals surface area contributed by atoms with Gasteiger partial charge >= 0.3 is 24.2 Å². The van der Waals surface area contributed by atoms with Crippen LogP contribution in [0.15, 0.2) is 0 Å². The van der Waals surface area contributed by atoms with Crippen LogP contribution in [0, 0.1) is 17.8 Å². The Labute approximate surface area is 233 Å². The van der Waals surface area contributed by atoms with Gasteiger partial charge in [0, 0.05) is 0 Å². The first kappa shape index (κ1) is 34.5. The van der Waals surface area contributed by atoms with Crippen molar-refractivity contribution in [3.05, 3.63) is 0 Å². The minimum atomic E-state index is -1.02. The molecule has 1 saturated carbocycles. The van der Waals surface area contributed by atoms with E-state index in [2.05, 4.69) is 21.6 Å². The van der Waals surface area contributed by atoms with Crippen LogP contribution in [0.3, 0.4) is 0 Å². The van der Waals surface area contributed by atoms with Crippen LogP contribution in [0.5, 0.6) is 0 Å². The number of rotatable bonds is 16. The predicted molar refractivity (Wildman–Crippen MR) is 143 cm³/mol. The molecule has 1 aliphatic carbocycles. The molecule has 3 atom stereocenters. The topological polar surface area (TPSA) is 124 Å². The fourth-order valence-electron chi connectivity index (χ4n) is 4.97. The van der Waals surface area contributed by atoms with E-state index in [-0.39, 0.29) is 30.5 Å². The third kappa shape index (κ3) is 16.9. The number of ether oxygens (including phenoxy) is 2. The van der Waals surface area contributed by atoms with Gasteiger partial charge in [0.1, 0.15) is 0 Å². The number of carbonyl (C=O) groups excluding carboxylic acids is 4. The highest BCUT2D eigenvalue weighted by molar-refractivity contribution is 5.73. The van der Waals surface area contributed by atoms with Crippen molar-refractivity contribution in [2.45, 2.75) is 143 Å². The second-order valence-electron chi connectivity index (χ2n) is 11.1. The van der Waals surface area contributed by atoms with Crippen molar-refractivity contribution in [1.82, 2.24) is 0 Å². The quantitative estimate of drug-likeness (QED) is 0.0803. The zero-order valence-corrected chi connectivity index (χ0v) is 24.6. The molecule has 39 heavy (non-hydrogen) atoms. The average Bonchev–Trinajstić information content (AvgIpc) is 2.87. The molecule has 0 aromatic heterocycles. The smallest absolute Gasteiger partial charge is 0.429 e. The fraction of sp³-hybridized carbons (Fsp3) is 0.862. The lowest BCUT2D eigenvalue weighted by molar-refractivity contribution is -0.252. The highest BCUT2D eigenvalue weighted by atomic mass is 17.2. The highest BCUT2D eigenvalue weighted by Crippen LogP contribution is 2.39. The highest BCUT2D eigenvalue weighted by Gasteiger charge is 2.37. The molecule has 0 saturated heterocycles. The normalized spacial score (nSPS) is 18.9. The van der Waals surface area contributed by atoms with Gasteiger partial charge in [0.15, 0.2) is 0 Å². The molecule has 0 aliphatic heterocycles. The van der Waals surface area contributed by atoms with Crippen LogP contribution in [0.1, 0.15) is 131 Å². The van der Waals surface area contributed by atoms with Crippen LogP contribution in [-0.2, 0) is 38.6 Å². The monoisotopic (exact) mass is 558 g/mol. The van der Waals surface area contributed by atoms with E-state index in [0.717, 1.165) is 83.5 Å². The number of hydrogen-bond acceptors (Lipinski definition) is 10. The molecule has 1 fully saturated rings. The Bertz CT molecular complexity index is 721. The molecule has 10 heteroatoms. The molecule has 0 radical (unpaired) electrons. The maximum atomic E-state index is 12.8. The van der Waals surface area contributed by atoms with E-state index in [1.807, 2.05) is 0 Å². The van der Waals surface area contributed by atoms with Crippen molar-refractivity contribution in [3.63, 3.8) is 0 Å². The summed E-state index contributed by atoms with van der Waals surface area (Å²) in [5.41, 5.74) is 0. The third-order valence-electron chi connectivity index (χ3n) is 6.88. The van der Waals surface area contributed by atoms with E-state index in [4.69, 9.17) is 14.4 Å². The summed E-state index contributed by atoms with van der Waals surface area (Å²) in [6, 6.07) is 0. The van der Waals surface area contributed by atoms with E-state index in [1.165, 1.54) is 0 Å². The van der Waals surface area contributed by atoms with E-state index in [9.17, 15) is 19.2 Å². The van der Waals surface area contributed by atoms with Crippen molar-refractivity contribution in [1.29, 1.82) is 0 Å². The summed E-state index contributed by atoms with van der Waals surface area (Å²) in [5, 5.41) is 0. The van der Waals surface area contributed by atoms with Gasteiger partial charge in [-0.25, -0.2) is 29.1 Å². The van der Waals surface area contributed by atoms with Crippen LogP contribution >= 0.6 is 0 Å². The second-order valence-corrected chi connectivity index (χ2v) is 11.1. The Morgan fingerprint density at radius 2 is 1.23 bits per heavy atom. The number of hydrogen-bond donors (Lipinski definition) is 0. The summed E-state index contributed by atoms with van der Waals surface area (Å²) in [4.78, 5) is 65.5. The van der Waals surface area contributed by atoms with Gasteiger partial charge in [-0.05, 0) is 65.2 Å². The Balaban J connectivity index is 2.28. The van der Waals surface area contributed by atoms with E-state index >= 15 is 0 Å². The second kappa shape index (κ2) is 20.4. The van der Waals surface area contributed by atoms with Gasteiger partial charge in [0.05, 0.1) is 24.5 Å². The van der Waals surface area contributed by atoms with E-state index in [1.54, 1.807) is 27.7 Å². The third-order valence-corrected chi connectivity index (χ3v) is 6.88. The summed E-state index contributed by atoms with van der Waals surface area (Å²) < 4.78 is 9.59. The lowest BCUT2D eigenvalue weighted by Gasteiger charge is -2.34. The maximum Gasteiger partial charge on any atom is 0.550 e. The first-order valence-electron chi connectivity index (χ1n) is 14.8. The molecule has 0 bridgehead atoms. The molecule has 0 N–H and O–H groups in total. The summed E-state index contributed by atoms with van der Waals surface area (Å²) in [6.07, 6.45) is 11.5. The molecule has 1 aliphatic rings. The molecule has 0 aromatic carbocycles. The minimum Gasteiger partial charge on any atom is -0.429 e. The van der Waals surface area contributed by atoms with Gasteiger partial charge in [-0.1, -0.05) is 71.1 Å². The predicted octanol–water partition coefficient (Wildman–Crippen LogP) is 7.76. The SMILES string of the molecule is CCCCCC1CCC(CCCCCCCCC(=O)OOC(=O)OC(C)C)CC1C(=O)OOC(=O)OC(C)C. The minimum absolute atomic E-state index is 0.187. The van der Waals surface area contributed by atoms with Crippen LogP contribution in [0.2, 0.25) is 0 Å². The van der Waals surface area contributed by atoms with Crippen molar-refractivity contribution < 1.29 is 48.2 Å². The number of unbranched alkanes of at least 4 members (excludes halogenated alkanes) is 7. The van der Waals surface area contributed by atoms with Crippen LogP contribution in [0.25, 0.3) is 0 Å². The molecule has 3 unspecified atom stereocenters. The van der Waals surface area contributed by atoms with E-state index in [0.29, 0.717) is 12.3 Å². The Morgan fingerprint density at radius 3 is 1.85 bits per heavy atom. The largest absolute Gasteiger partial charge is 0.550 e. The molecular weight excluding hydrogens is 508 g/mol. The standard InChI is InChI=1S/C29H50O10/c1-6-7-12-16-24-19-18-23(20-25(24)27(31)37-39-29(33)35-22(4)5)15-13-10-8-9-11-14-17-26(30)36-38-28(32)34-21(2)3/h21-25H,6-20H2,1-5H3. The Kier molecular flexibility index (Phi) is 18.0. The van der Waals surface area contributed by atoms with Crippen LogP contribution < -0.4 is 0 Å². The summed E-state index contributed by atoms with van der Waals surface area (Å²) in [7, 11) is 0. The van der Waals surface area contributed by atoms with Gasteiger partial charge in [0.25, 0.3) is 0 Å². The summed E-state index contributed by atoms with van der Waals surface area (Å²) in [6.45, 7) is 8.89. The van der Waals surface area contributed by atoms with Crippen molar-refractivity contribution in [3.8, 4) is 0 Å². The molecule has 1 rings (SSSR count). The van der Waals surface area contributed by atoms with Gasteiger partial charge in [-0.3, -0.25) is 0 Å².